The minimum absolute atomic E-state index is 0.394. The fraction of sp³-hybridized carbons (Fsp3) is 0.556. The average Bonchev–Trinajstić information content (AvgIpc) is 2.77. The van der Waals surface area contributed by atoms with E-state index in [-0.39, 0.29) is 0 Å². The molecule has 3 rings (SSSR count). The maximum atomic E-state index is 6.15. The lowest BCUT2D eigenvalue weighted by Crippen LogP contribution is -2.42. The van der Waals surface area contributed by atoms with Gasteiger partial charge in [0, 0.05) is 12.1 Å². The first kappa shape index (κ1) is 13.7. The molecule has 1 N–H and O–H groups in total. The first-order valence-corrected chi connectivity index (χ1v) is 7.90. The van der Waals surface area contributed by atoms with E-state index in [1.54, 1.807) is 0 Å². The second-order valence-corrected chi connectivity index (χ2v) is 6.52. The van der Waals surface area contributed by atoms with Crippen LogP contribution in [0.25, 0.3) is 6.08 Å². The Hall–Kier alpha value is -1.28. The zero-order chi connectivity index (χ0) is 13.9. The van der Waals surface area contributed by atoms with Gasteiger partial charge in [0.25, 0.3) is 0 Å². The monoisotopic (exact) mass is 271 g/mol. The van der Waals surface area contributed by atoms with Gasteiger partial charge in [0.1, 0.15) is 11.9 Å². The molecule has 3 atom stereocenters. The van der Waals surface area contributed by atoms with Crippen molar-refractivity contribution in [1.29, 1.82) is 0 Å². The number of nitrogens with one attached hydrogen (secondary N) is 1. The second-order valence-electron chi connectivity index (χ2n) is 6.52. The number of hydrogen-bond donors (Lipinski definition) is 1. The Morgan fingerprint density at radius 2 is 1.75 bits per heavy atom. The summed E-state index contributed by atoms with van der Waals surface area (Å²) >= 11 is 0. The molecular weight excluding hydrogens is 246 g/mol. The molecule has 20 heavy (non-hydrogen) atoms. The van der Waals surface area contributed by atoms with Gasteiger partial charge in [-0.15, -0.1) is 0 Å². The predicted octanol–water partition coefficient (Wildman–Crippen LogP) is 4.02. The summed E-state index contributed by atoms with van der Waals surface area (Å²) in [4.78, 5) is 0. The van der Waals surface area contributed by atoms with Crippen LogP contribution in [0.15, 0.2) is 30.3 Å². The van der Waals surface area contributed by atoms with E-state index in [2.05, 4.69) is 55.6 Å². The minimum Gasteiger partial charge on any atom is -0.490 e. The standard InChI is InChI=1S/C18H25NO/c1-13(2)3-4-14-5-9-17(10-6-14)20-18-11-15-7-8-16(12-18)19-15/h3-6,9-10,13,15-16,18-19H,7-8,11-12H2,1-2H3/b4-3+/t15-,16+,18?. The molecule has 0 aliphatic carbocycles. The SMILES string of the molecule is CC(C)/C=C/c1ccc(OC2C[C@H]3CC[C@@H](C2)N3)cc1. The Bertz CT molecular complexity index is 451. The van der Waals surface area contributed by atoms with Crippen molar-refractivity contribution in [2.75, 3.05) is 0 Å². The van der Waals surface area contributed by atoms with Crippen molar-refractivity contribution in [2.45, 2.75) is 57.7 Å². The number of ether oxygens (including phenoxy) is 1. The molecule has 2 nitrogen and oxygen atoms in total. The zero-order valence-electron chi connectivity index (χ0n) is 12.5. The van der Waals surface area contributed by atoms with Crippen LogP contribution in [0.4, 0.5) is 0 Å². The van der Waals surface area contributed by atoms with Crippen LogP contribution < -0.4 is 10.1 Å². The normalized spacial score (nSPS) is 29.2. The van der Waals surface area contributed by atoms with Gasteiger partial charge in [-0.25, -0.2) is 0 Å². The fourth-order valence-corrected chi connectivity index (χ4v) is 3.25. The van der Waals surface area contributed by atoms with E-state index >= 15 is 0 Å². The first-order chi connectivity index (χ1) is 9.69. The molecule has 0 spiro atoms. The van der Waals surface area contributed by atoms with Crippen LogP contribution in [-0.4, -0.2) is 18.2 Å². The summed E-state index contributed by atoms with van der Waals surface area (Å²) in [5, 5.41) is 3.65. The third-order valence-electron chi connectivity index (χ3n) is 4.29. The third kappa shape index (κ3) is 3.43. The fourth-order valence-electron chi connectivity index (χ4n) is 3.25. The molecule has 2 aliphatic rings. The van der Waals surface area contributed by atoms with Crippen molar-refractivity contribution < 1.29 is 4.74 Å². The van der Waals surface area contributed by atoms with E-state index in [4.69, 9.17) is 4.74 Å². The highest BCUT2D eigenvalue weighted by molar-refractivity contribution is 5.50. The van der Waals surface area contributed by atoms with Gasteiger partial charge in [-0.2, -0.15) is 0 Å². The van der Waals surface area contributed by atoms with Gasteiger partial charge in [-0.1, -0.05) is 38.1 Å². The summed E-state index contributed by atoms with van der Waals surface area (Å²) in [5.74, 6) is 1.61. The Labute approximate surface area is 122 Å². The number of rotatable bonds is 4. The zero-order valence-corrected chi connectivity index (χ0v) is 12.5. The van der Waals surface area contributed by atoms with Crippen molar-refractivity contribution in [2.24, 2.45) is 5.92 Å². The van der Waals surface area contributed by atoms with Crippen LogP contribution in [-0.2, 0) is 0 Å². The molecule has 2 bridgehead atoms. The molecule has 2 aliphatic heterocycles. The molecular formula is C18H25NO. The van der Waals surface area contributed by atoms with E-state index in [0.29, 0.717) is 24.1 Å². The molecule has 1 unspecified atom stereocenters. The van der Waals surface area contributed by atoms with Crippen molar-refractivity contribution in [3.63, 3.8) is 0 Å². The van der Waals surface area contributed by atoms with Gasteiger partial charge in [-0.05, 0) is 49.3 Å². The van der Waals surface area contributed by atoms with Crippen molar-refractivity contribution in [3.05, 3.63) is 35.9 Å². The highest BCUT2D eigenvalue weighted by atomic mass is 16.5. The average molecular weight is 271 g/mol. The minimum atomic E-state index is 0.394. The molecule has 2 heterocycles. The lowest BCUT2D eigenvalue weighted by Gasteiger charge is -2.29. The second kappa shape index (κ2) is 6.01. The van der Waals surface area contributed by atoms with Crippen molar-refractivity contribution in [1.82, 2.24) is 5.32 Å². The Morgan fingerprint density at radius 3 is 2.35 bits per heavy atom. The van der Waals surface area contributed by atoms with Gasteiger partial charge in [0.05, 0.1) is 0 Å². The van der Waals surface area contributed by atoms with E-state index in [0.717, 1.165) is 18.6 Å². The summed E-state index contributed by atoms with van der Waals surface area (Å²) in [7, 11) is 0. The van der Waals surface area contributed by atoms with E-state index in [1.807, 2.05) is 0 Å². The summed E-state index contributed by atoms with van der Waals surface area (Å²) in [6.07, 6.45) is 9.76. The van der Waals surface area contributed by atoms with Gasteiger partial charge < -0.3 is 10.1 Å². The number of allylic oxidation sites excluding steroid dienone is 1. The van der Waals surface area contributed by atoms with Crippen LogP contribution in [0.2, 0.25) is 0 Å². The van der Waals surface area contributed by atoms with Crippen LogP contribution in [0, 0.1) is 5.92 Å². The van der Waals surface area contributed by atoms with Crippen molar-refractivity contribution in [3.8, 4) is 5.75 Å². The van der Waals surface area contributed by atoms with E-state index in [1.165, 1.54) is 18.4 Å². The predicted molar refractivity (Wildman–Crippen MR) is 83.9 cm³/mol. The Kier molecular flexibility index (Phi) is 4.11. The maximum absolute atomic E-state index is 6.15. The number of benzene rings is 1. The van der Waals surface area contributed by atoms with Crippen LogP contribution in [0.3, 0.4) is 0 Å². The molecule has 0 aromatic heterocycles. The molecule has 1 aromatic carbocycles. The molecule has 2 saturated heterocycles. The topological polar surface area (TPSA) is 21.3 Å². The number of fused-ring (bicyclic) bond motifs is 2. The quantitative estimate of drug-likeness (QED) is 0.893. The Balaban J connectivity index is 1.58. The van der Waals surface area contributed by atoms with Gasteiger partial charge in [-0.3, -0.25) is 0 Å². The molecule has 2 fully saturated rings. The largest absolute Gasteiger partial charge is 0.490 e. The molecule has 0 radical (unpaired) electrons. The lowest BCUT2D eigenvalue weighted by molar-refractivity contribution is 0.137. The highest BCUT2D eigenvalue weighted by Crippen LogP contribution is 2.29. The number of piperidine rings is 1. The molecule has 2 heteroatoms. The van der Waals surface area contributed by atoms with E-state index in [9.17, 15) is 0 Å². The first-order valence-electron chi connectivity index (χ1n) is 7.90. The summed E-state index contributed by atoms with van der Waals surface area (Å²) in [5.41, 5.74) is 1.25. The van der Waals surface area contributed by atoms with Crippen LogP contribution >= 0.6 is 0 Å². The molecule has 0 amide bonds. The lowest BCUT2D eigenvalue weighted by atomic mass is 10.0. The Morgan fingerprint density at radius 1 is 1.10 bits per heavy atom. The van der Waals surface area contributed by atoms with Gasteiger partial charge >= 0.3 is 0 Å². The summed E-state index contributed by atoms with van der Waals surface area (Å²) < 4.78 is 6.15. The van der Waals surface area contributed by atoms with Gasteiger partial charge in [0.2, 0.25) is 0 Å². The van der Waals surface area contributed by atoms with Gasteiger partial charge in [0.15, 0.2) is 0 Å². The maximum Gasteiger partial charge on any atom is 0.119 e. The molecule has 0 saturated carbocycles. The summed E-state index contributed by atoms with van der Waals surface area (Å²) in [6, 6.07) is 9.86. The smallest absolute Gasteiger partial charge is 0.119 e. The third-order valence-corrected chi connectivity index (χ3v) is 4.29. The van der Waals surface area contributed by atoms with E-state index < -0.39 is 0 Å². The van der Waals surface area contributed by atoms with Crippen LogP contribution in [0.5, 0.6) is 5.75 Å². The highest BCUT2D eigenvalue weighted by Gasteiger charge is 2.34. The van der Waals surface area contributed by atoms with Crippen molar-refractivity contribution >= 4 is 6.08 Å². The molecule has 1 aromatic rings. The number of hydrogen-bond acceptors (Lipinski definition) is 2. The molecule has 108 valence electrons. The van der Waals surface area contributed by atoms with Crippen LogP contribution in [0.1, 0.15) is 45.1 Å². The summed E-state index contributed by atoms with van der Waals surface area (Å²) in [6.45, 7) is 4.39.